The standard InChI is InChI=1S/C21H21NO3/c1-21(2)10-16(23)20(17(24)11-21)19(18-8-5-9-25-18)14-12-22-15-7-4-3-6-13(14)15/h3-9,12,19-20,22H,10-11H2,1-2H3. The van der Waals surface area contributed by atoms with Crippen molar-refractivity contribution in [3.8, 4) is 0 Å². The summed E-state index contributed by atoms with van der Waals surface area (Å²) >= 11 is 0. The molecular formula is C21H21NO3. The molecule has 0 aliphatic heterocycles. The van der Waals surface area contributed by atoms with Gasteiger partial charge < -0.3 is 9.40 Å². The first-order chi connectivity index (χ1) is 12.0. The molecule has 1 aliphatic rings. The summed E-state index contributed by atoms with van der Waals surface area (Å²) in [6.07, 6.45) is 4.34. The van der Waals surface area contributed by atoms with Gasteiger partial charge in [-0.2, -0.15) is 0 Å². The third-order valence-electron chi connectivity index (χ3n) is 5.14. The topological polar surface area (TPSA) is 63.1 Å². The Morgan fingerprint density at radius 2 is 1.80 bits per heavy atom. The number of aromatic nitrogens is 1. The van der Waals surface area contributed by atoms with Gasteiger partial charge in [-0.05, 0) is 29.2 Å². The molecule has 1 atom stereocenters. The van der Waals surface area contributed by atoms with E-state index in [0.29, 0.717) is 18.6 Å². The average molecular weight is 335 g/mol. The van der Waals surface area contributed by atoms with Crippen LogP contribution in [0, 0.1) is 11.3 Å². The van der Waals surface area contributed by atoms with E-state index in [1.54, 1.807) is 12.3 Å². The highest BCUT2D eigenvalue weighted by Crippen LogP contribution is 2.44. The maximum atomic E-state index is 12.9. The number of carbonyl (C=O) groups excluding carboxylic acids is 2. The van der Waals surface area contributed by atoms with Gasteiger partial charge in [0.15, 0.2) is 0 Å². The number of furan rings is 1. The zero-order valence-corrected chi connectivity index (χ0v) is 14.4. The number of benzene rings is 1. The lowest BCUT2D eigenvalue weighted by Gasteiger charge is -2.35. The molecule has 1 N–H and O–H groups in total. The molecule has 3 aromatic rings. The molecule has 0 amide bonds. The van der Waals surface area contributed by atoms with E-state index in [4.69, 9.17) is 4.42 Å². The molecule has 25 heavy (non-hydrogen) atoms. The number of hydrogen-bond acceptors (Lipinski definition) is 3. The van der Waals surface area contributed by atoms with Crippen LogP contribution in [0.4, 0.5) is 0 Å². The van der Waals surface area contributed by atoms with Crippen LogP contribution in [0.3, 0.4) is 0 Å². The molecule has 4 nitrogen and oxygen atoms in total. The van der Waals surface area contributed by atoms with Gasteiger partial charge >= 0.3 is 0 Å². The van der Waals surface area contributed by atoms with Gasteiger partial charge in [-0.25, -0.2) is 0 Å². The molecule has 1 unspecified atom stereocenters. The molecule has 2 aromatic heterocycles. The van der Waals surface area contributed by atoms with Crippen molar-refractivity contribution >= 4 is 22.5 Å². The first-order valence-electron chi connectivity index (χ1n) is 8.61. The average Bonchev–Trinajstić information content (AvgIpc) is 3.20. The van der Waals surface area contributed by atoms with E-state index in [-0.39, 0.29) is 22.9 Å². The van der Waals surface area contributed by atoms with E-state index in [1.807, 2.05) is 50.4 Å². The van der Waals surface area contributed by atoms with Crippen molar-refractivity contribution < 1.29 is 14.0 Å². The number of para-hydroxylation sites is 1. The fourth-order valence-corrected chi connectivity index (χ4v) is 4.09. The summed E-state index contributed by atoms with van der Waals surface area (Å²) in [5, 5.41) is 1.02. The summed E-state index contributed by atoms with van der Waals surface area (Å²) in [5.41, 5.74) is 1.67. The molecule has 1 fully saturated rings. The van der Waals surface area contributed by atoms with Crippen molar-refractivity contribution in [2.24, 2.45) is 11.3 Å². The van der Waals surface area contributed by atoms with Gasteiger partial charge in [0.2, 0.25) is 0 Å². The van der Waals surface area contributed by atoms with Crippen LogP contribution in [0.1, 0.15) is 43.9 Å². The first-order valence-corrected chi connectivity index (χ1v) is 8.61. The van der Waals surface area contributed by atoms with Crippen LogP contribution in [0.2, 0.25) is 0 Å². The summed E-state index contributed by atoms with van der Waals surface area (Å²) in [4.78, 5) is 29.1. The summed E-state index contributed by atoms with van der Waals surface area (Å²) in [7, 11) is 0. The minimum atomic E-state index is -0.682. The molecule has 1 aliphatic carbocycles. The van der Waals surface area contributed by atoms with Gasteiger partial charge in [-0.15, -0.1) is 0 Å². The van der Waals surface area contributed by atoms with Crippen LogP contribution in [-0.2, 0) is 9.59 Å². The van der Waals surface area contributed by atoms with Crippen LogP contribution in [0.25, 0.3) is 10.9 Å². The van der Waals surface area contributed by atoms with Crippen molar-refractivity contribution in [1.82, 2.24) is 4.98 Å². The summed E-state index contributed by atoms with van der Waals surface area (Å²) in [6.45, 7) is 3.96. The Morgan fingerprint density at radius 3 is 2.48 bits per heavy atom. The minimum absolute atomic E-state index is 0.00734. The third-order valence-corrected chi connectivity index (χ3v) is 5.14. The zero-order valence-electron chi connectivity index (χ0n) is 14.4. The minimum Gasteiger partial charge on any atom is -0.469 e. The monoisotopic (exact) mass is 335 g/mol. The molecule has 0 saturated heterocycles. The quantitative estimate of drug-likeness (QED) is 0.718. The largest absolute Gasteiger partial charge is 0.469 e. The number of rotatable bonds is 3. The molecule has 4 heteroatoms. The third kappa shape index (κ3) is 2.72. The Labute approximate surface area is 146 Å². The van der Waals surface area contributed by atoms with E-state index >= 15 is 0 Å². The SMILES string of the molecule is CC1(C)CC(=O)C(C(c2ccco2)c2c[nH]c3ccccc23)C(=O)C1. The predicted octanol–water partition coefficient (Wildman–Crippen LogP) is 4.47. The van der Waals surface area contributed by atoms with Crippen molar-refractivity contribution in [1.29, 1.82) is 0 Å². The zero-order chi connectivity index (χ0) is 17.6. The van der Waals surface area contributed by atoms with Crippen LogP contribution in [0.5, 0.6) is 0 Å². The highest BCUT2D eigenvalue weighted by atomic mass is 16.3. The fraction of sp³-hybridized carbons (Fsp3) is 0.333. The van der Waals surface area contributed by atoms with E-state index in [2.05, 4.69) is 4.98 Å². The van der Waals surface area contributed by atoms with Gasteiger partial charge in [0, 0.05) is 29.9 Å². The lowest BCUT2D eigenvalue weighted by Crippen LogP contribution is -2.40. The molecular weight excluding hydrogens is 314 g/mol. The highest BCUT2D eigenvalue weighted by Gasteiger charge is 2.45. The van der Waals surface area contributed by atoms with E-state index in [1.165, 1.54) is 0 Å². The van der Waals surface area contributed by atoms with Crippen molar-refractivity contribution in [2.45, 2.75) is 32.6 Å². The van der Waals surface area contributed by atoms with Crippen LogP contribution >= 0.6 is 0 Å². The van der Waals surface area contributed by atoms with E-state index in [0.717, 1.165) is 16.5 Å². The normalized spacial score (nSPS) is 19.4. The van der Waals surface area contributed by atoms with Crippen molar-refractivity contribution in [3.63, 3.8) is 0 Å². The van der Waals surface area contributed by atoms with Gasteiger partial charge in [0.1, 0.15) is 17.3 Å². The summed E-state index contributed by atoms with van der Waals surface area (Å²) < 4.78 is 5.65. The number of ketones is 2. The molecule has 128 valence electrons. The van der Waals surface area contributed by atoms with Crippen molar-refractivity contribution in [3.05, 3.63) is 60.2 Å². The molecule has 4 rings (SSSR count). The number of fused-ring (bicyclic) bond motifs is 1. The van der Waals surface area contributed by atoms with Gasteiger partial charge in [0.05, 0.1) is 18.1 Å². The molecule has 0 spiro atoms. The number of aromatic amines is 1. The van der Waals surface area contributed by atoms with Gasteiger partial charge in [-0.3, -0.25) is 9.59 Å². The summed E-state index contributed by atoms with van der Waals surface area (Å²) in [6, 6.07) is 11.6. The number of Topliss-reactive ketones (excluding diaryl/α,β-unsaturated/α-hetero) is 2. The Bertz CT molecular complexity index is 913. The Morgan fingerprint density at radius 1 is 1.08 bits per heavy atom. The summed E-state index contributed by atoms with van der Waals surface area (Å²) in [5.74, 6) is -0.391. The lowest BCUT2D eigenvalue weighted by atomic mass is 9.66. The Kier molecular flexibility index (Phi) is 3.64. The molecule has 0 radical (unpaired) electrons. The van der Waals surface area contributed by atoms with E-state index in [9.17, 15) is 9.59 Å². The Hall–Kier alpha value is -2.62. The Balaban J connectivity index is 1.86. The number of H-pyrrole nitrogens is 1. The number of carbonyl (C=O) groups is 2. The van der Waals surface area contributed by atoms with Crippen molar-refractivity contribution in [2.75, 3.05) is 0 Å². The van der Waals surface area contributed by atoms with Crippen LogP contribution in [-0.4, -0.2) is 16.6 Å². The molecule has 2 heterocycles. The highest BCUT2D eigenvalue weighted by molar-refractivity contribution is 6.07. The van der Waals surface area contributed by atoms with Crippen LogP contribution in [0.15, 0.2) is 53.3 Å². The molecule has 0 bridgehead atoms. The van der Waals surface area contributed by atoms with Gasteiger partial charge in [-0.1, -0.05) is 32.0 Å². The molecule has 1 saturated carbocycles. The van der Waals surface area contributed by atoms with E-state index < -0.39 is 5.92 Å². The second kappa shape index (κ2) is 5.73. The second-order valence-corrected chi connectivity index (χ2v) is 7.71. The number of nitrogens with one attached hydrogen (secondary N) is 1. The first kappa shape index (κ1) is 15.9. The smallest absolute Gasteiger partial charge is 0.144 e. The number of hydrogen-bond donors (Lipinski definition) is 1. The molecule has 1 aromatic carbocycles. The fourth-order valence-electron chi connectivity index (χ4n) is 4.09. The second-order valence-electron chi connectivity index (χ2n) is 7.71. The predicted molar refractivity (Wildman–Crippen MR) is 95.4 cm³/mol. The lowest BCUT2D eigenvalue weighted by molar-refractivity contribution is -0.140. The van der Waals surface area contributed by atoms with Crippen LogP contribution < -0.4 is 0 Å². The van der Waals surface area contributed by atoms with Gasteiger partial charge in [0.25, 0.3) is 0 Å². The maximum absolute atomic E-state index is 12.9. The maximum Gasteiger partial charge on any atom is 0.144 e.